The number of nitrogens with one attached hydrogen (secondary N) is 2. The second-order valence-electron chi connectivity index (χ2n) is 5.29. The lowest BCUT2D eigenvalue weighted by Gasteiger charge is -2.21. The van der Waals surface area contributed by atoms with Crippen LogP contribution in [0.2, 0.25) is 0 Å². The third kappa shape index (κ3) is 7.49. The largest absolute Gasteiger partial charge is 0.469 e. The van der Waals surface area contributed by atoms with Gasteiger partial charge in [-0.1, -0.05) is 6.92 Å². The predicted molar refractivity (Wildman–Crippen MR) is 104 cm³/mol. The number of nitrogens with zero attached hydrogens (tertiary/aromatic N) is 1. The van der Waals surface area contributed by atoms with Gasteiger partial charge in [0.25, 0.3) is 0 Å². The second kappa shape index (κ2) is 10.8. The number of carbonyl (C=O) groups is 1. The summed E-state index contributed by atoms with van der Waals surface area (Å²) in [6.07, 6.45) is 0. The maximum absolute atomic E-state index is 11.4. The van der Waals surface area contributed by atoms with Crippen molar-refractivity contribution in [1.29, 1.82) is 0 Å². The minimum atomic E-state index is -1.02. The summed E-state index contributed by atoms with van der Waals surface area (Å²) in [7, 11) is 1.37. The van der Waals surface area contributed by atoms with E-state index in [0.29, 0.717) is 19.0 Å². The number of hydrogen-bond donors (Lipinski definition) is 3. The molecule has 0 spiro atoms. The Balaban J connectivity index is 0.00000484. The quantitative estimate of drug-likeness (QED) is 0.253. The summed E-state index contributed by atoms with van der Waals surface area (Å²) in [5, 5.41) is 20.5. The number of guanidine groups is 1. The van der Waals surface area contributed by atoms with Gasteiger partial charge in [0, 0.05) is 13.1 Å². The number of ether oxygens (including phenoxy) is 1. The van der Waals surface area contributed by atoms with Crippen LogP contribution >= 0.6 is 35.3 Å². The molecular weight excluding hydrogens is 429 g/mol. The van der Waals surface area contributed by atoms with Crippen molar-refractivity contribution in [3.8, 4) is 0 Å². The molecular formula is C15H26IN3O3S. The molecule has 1 heterocycles. The van der Waals surface area contributed by atoms with Crippen molar-refractivity contribution in [2.75, 3.05) is 26.7 Å². The van der Waals surface area contributed by atoms with Gasteiger partial charge in [-0.15, -0.1) is 24.0 Å². The number of aliphatic hydroxyl groups is 1. The minimum Gasteiger partial charge on any atom is -0.469 e. The molecule has 0 amide bonds. The lowest BCUT2D eigenvalue weighted by Crippen LogP contribution is -2.41. The van der Waals surface area contributed by atoms with E-state index >= 15 is 0 Å². The molecule has 2 atom stereocenters. The summed E-state index contributed by atoms with van der Waals surface area (Å²) < 4.78 is 4.69. The van der Waals surface area contributed by atoms with Gasteiger partial charge in [0.05, 0.1) is 19.6 Å². The van der Waals surface area contributed by atoms with Gasteiger partial charge < -0.3 is 20.5 Å². The van der Waals surface area contributed by atoms with E-state index in [-0.39, 0.29) is 42.4 Å². The molecule has 1 aromatic rings. The zero-order valence-corrected chi connectivity index (χ0v) is 17.1. The van der Waals surface area contributed by atoms with Crippen molar-refractivity contribution < 1.29 is 14.6 Å². The van der Waals surface area contributed by atoms with Gasteiger partial charge in [-0.25, -0.2) is 4.99 Å². The maximum Gasteiger partial charge on any atom is 0.310 e. The molecule has 0 aliphatic carbocycles. The van der Waals surface area contributed by atoms with E-state index in [0.717, 1.165) is 5.56 Å². The summed E-state index contributed by atoms with van der Waals surface area (Å²) >= 11 is 1.54. The first-order chi connectivity index (χ1) is 10.4. The molecule has 0 radical (unpaired) electrons. The van der Waals surface area contributed by atoms with Crippen LogP contribution in [0.4, 0.5) is 0 Å². The molecule has 23 heavy (non-hydrogen) atoms. The van der Waals surface area contributed by atoms with Crippen LogP contribution in [-0.4, -0.2) is 43.8 Å². The molecule has 0 aliphatic rings. The number of methoxy groups -OCH3 is 1. The average Bonchev–Trinajstić information content (AvgIpc) is 3.04. The Labute approximate surface area is 158 Å². The van der Waals surface area contributed by atoms with Crippen LogP contribution in [0.3, 0.4) is 0 Å². The highest BCUT2D eigenvalue weighted by Gasteiger charge is 2.23. The molecule has 3 N–H and O–H groups in total. The number of thiophene rings is 1. The highest BCUT2D eigenvalue weighted by atomic mass is 127. The number of carbonyl (C=O) groups excluding carboxylic acids is 1. The Morgan fingerprint density at radius 3 is 2.74 bits per heavy atom. The van der Waals surface area contributed by atoms with Gasteiger partial charge in [-0.05, 0) is 36.2 Å². The minimum absolute atomic E-state index is 0. The van der Waals surface area contributed by atoms with Crippen molar-refractivity contribution in [1.82, 2.24) is 10.6 Å². The first-order valence-corrected chi connectivity index (χ1v) is 8.20. The van der Waals surface area contributed by atoms with Crippen LogP contribution in [0.25, 0.3) is 0 Å². The van der Waals surface area contributed by atoms with E-state index < -0.39 is 5.60 Å². The van der Waals surface area contributed by atoms with Crippen LogP contribution < -0.4 is 10.6 Å². The van der Waals surface area contributed by atoms with Crippen LogP contribution in [0.15, 0.2) is 21.8 Å². The molecule has 1 aromatic heterocycles. The molecule has 0 fully saturated rings. The average molecular weight is 455 g/mol. The van der Waals surface area contributed by atoms with Crippen LogP contribution in [-0.2, 0) is 15.1 Å². The number of esters is 1. The lowest BCUT2D eigenvalue weighted by molar-refractivity contribution is -0.144. The lowest BCUT2D eigenvalue weighted by atomic mass is 10.00. The number of aliphatic imine (C=N–C) groups is 1. The Hall–Kier alpha value is -0.870. The first kappa shape index (κ1) is 22.1. The van der Waals surface area contributed by atoms with Gasteiger partial charge in [0.2, 0.25) is 0 Å². The molecule has 0 saturated carbocycles. The Morgan fingerprint density at radius 2 is 2.22 bits per heavy atom. The number of rotatable bonds is 7. The van der Waals surface area contributed by atoms with E-state index in [9.17, 15) is 9.90 Å². The molecule has 1 rings (SSSR count). The van der Waals surface area contributed by atoms with E-state index in [1.165, 1.54) is 18.4 Å². The highest BCUT2D eigenvalue weighted by molar-refractivity contribution is 14.0. The van der Waals surface area contributed by atoms with Crippen molar-refractivity contribution in [3.63, 3.8) is 0 Å². The summed E-state index contributed by atoms with van der Waals surface area (Å²) in [6.45, 7) is 6.81. The molecule has 2 unspecified atom stereocenters. The molecule has 132 valence electrons. The fourth-order valence-electron chi connectivity index (χ4n) is 1.77. The Kier molecular flexibility index (Phi) is 10.4. The zero-order valence-electron chi connectivity index (χ0n) is 14.0. The summed E-state index contributed by atoms with van der Waals surface area (Å²) in [5.41, 5.74) is -0.170. The topological polar surface area (TPSA) is 83.0 Å². The Morgan fingerprint density at radius 1 is 1.52 bits per heavy atom. The van der Waals surface area contributed by atoms with Crippen molar-refractivity contribution in [3.05, 3.63) is 22.4 Å². The third-order valence-electron chi connectivity index (χ3n) is 3.21. The van der Waals surface area contributed by atoms with Crippen LogP contribution in [0.1, 0.15) is 26.3 Å². The van der Waals surface area contributed by atoms with Crippen LogP contribution in [0, 0.1) is 5.92 Å². The van der Waals surface area contributed by atoms with E-state index in [4.69, 9.17) is 0 Å². The van der Waals surface area contributed by atoms with Gasteiger partial charge in [-0.3, -0.25) is 4.79 Å². The monoisotopic (exact) mass is 455 g/mol. The zero-order chi connectivity index (χ0) is 16.6. The van der Waals surface area contributed by atoms with Crippen molar-refractivity contribution in [2.24, 2.45) is 10.9 Å². The van der Waals surface area contributed by atoms with Crippen LogP contribution in [0.5, 0.6) is 0 Å². The molecule has 0 saturated heterocycles. The fourth-order valence-corrected chi connectivity index (χ4v) is 2.55. The van der Waals surface area contributed by atoms with Crippen molar-refractivity contribution in [2.45, 2.75) is 26.4 Å². The Bertz CT molecular complexity index is 492. The standard InChI is InChI=1S/C15H25N3O3S.HI/c1-5-16-14(17-8-11(2)13(19)21-4)18-10-15(3,20)12-6-7-22-9-12;/h6-7,9,11,20H,5,8,10H2,1-4H3,(H2,16,17,18);1H. The highest BCUT2D eigenvalue weighted by Crippen LogP contribution is 2.23. The molecule has 0 aromatic carbocycles. The van der Waals surface area contributed by atoms with Crippen molar-refractivity contribution >= 4 is 47.2 Å². The third-order valence-corrected chi connectivity index (χ3v) is 3.89. The summed E-state index contributed by atoms with van der Waals surface area (Å²) in [4.78, 5) is 15.8. The van der Waals surface area contributed by atoms with E-state index in [1.54, 1.807) is 13.8 Å². The van der Waals surface area contributed by atoms with E-state index in [1.807, 2.05) is 23.8 Å². The first-order valence-electron chi connectivity index (χ1n) is 7.25. The molecule has 6 nitrogen and oxygen atoms in total. The second-order valence-corrected chi connectivity index (χ2v) is 6.07. The van der Waals surface area contributed by atoms with Gasteiger partial charge in [0.15, 0.2) is 5.96 Å². The SMILES string of the molecule is CCNC(=NCC(C)(O)c1ccsc1)NCC(C)C(=O)OC.I. The van der Waals surface area contributed by atoms with Gasteiger partial charge in [-0.2, -0.15) is 11.3 Å². The van der Waals surface area contributed by atoms with Gasteiger partial charge >= 0.3 is 5.97 Å². The maximum atomic E-state index is 11.4. The molecule has 0 aliphatic heterocycles. The smallest absolute Gasteiger partial charge is 0.310 e. The summed E-state index contributed by atoms with van der Waals surface area (Å²) in [5.74, 6) is 0.0219. The normalized spacial score (nSPS) is 15.1. The number of halogens is 1. The van der Waals surface area contributed by atoms with E-state index in [2.05, 4.69) is 20.4 Å². The molecule has 0 bridgehead atoms. The fraction of sp³-hybridized carbons (Fsp3) is 0.600. The predicted octanol–water partition coefficient (Wildman–Crippen LogP) is 1.94. The van der Waals surface area contributed by atoms with Gasteiger partial charge in [0.1, 0.15) is 5.60 Å². The summed E-state index contributed by atoms with van der Waals surface area (Å²) in [6, 6.07) is 1.89. The number of hydrogen-bond acceptors (Lipinski definition) is 5. The molecule has 8 heteroatoms.